The van der Waals surface area contributed by atoms with Crippen molar-refractivity contribution in [2.45, 2.75) is 237 Å². The molecule has 9 heterocycles. The van der Waals surface area contributed by atoms with Crippen LogP contribution in [0.4, 0.5) is 0 Å². The Morgan fingerprint density at radius 3 is 1.91 bits per heavy atom. The van der Waals surface area contributed by atoms with E-state index in [9.17, 15) is 95.2 Å². The zero-order valence-electron chi connectivity index (χ0n) is 70.7. The molecule has 9 aliphatic heterocycles. The number of nitrogens with zero attached hydrogens (tertiary/aromatic N) is 1. The summed E-state index contributed by atoms with van der Waals surface area (Å²) in [6.07, 6.45) is -18.6. The molecule has 0 saturated carbocycles. The number of carbonyl (C=O) groups is 9. The second-order valence-corrected chi connectivity index (χ2v) is 35.9. The van der Waals surface area contributed by atoms with E-state index in [-0.39, 0.29) is 58.2 Å². The third-order valence-electron chi connectivity index (χ3n) is 23.4. The van der Waals surface area contributed by atoms with Gasteiger partial charge in [0.2, 0.25) is 59.3 Å². The average Bonchev–Trinajstić information content (AvgIpc) is 0.963. The highest BCUT2D eigenvalue weighted by atomic mass is 35.5. The van der Waals surface area contributed by atoms with Crippen molar-refractivity contribution in [1.82, 2.24) is 47.4 Å². The van der Waals surface area contributed by atoms with E-state index in [0.717, 1.165) is 92.5 Å². The summed E-state index contributed by atoms with van der Waals surface area (Å²) in [5.74, 6) is -15.6. The molecule has 27 atom stereocenters. The molecule has 44 heteroatoms. The van der Waals surface area contributed by atoms with E-state index in [0.29, 0.717) is 5.92 Å². The highest BCUT2D eigenvalue weighted by molar-refractivity contribution is 7.99. The number of hydrogen-bond donors (Lipinski definition) is 23. The molecule has 14 rings (SSSR count). The number of likely N-dealkylation sites (tertiary alicyclic amines) is 1. The fraction of sp³-hybridized carbons (Fsp3) is 0.536. The van der Waals surface area contributed by atoms with E-state index in [4.69, 9.17) is 79.4 Å². The van der Waals surface area contributed by atoms with E-state index in [1.807, 2.05) is 25.8 Å². The minimum Gasteiger partial charge on any atom is -0.508 e. The van der Waals surface area contributed by atoms with Crippen LogP contribution in [0.3, 0.4) is 0 Å². The molecule has 700 valence electrons. The van der Waals surface area contributed by atoms with E-state index in [1.54, 1.807) is 13.2 Å². The fourth-order valence-corrected chi connectivity index (χ4v) is 17.9. The van der Waals surface area contributed by atoms with Crippen LogP contribution in [-0.4, -0.2) is 284 Å². The molecule has 9 aliphatic rings. The first-order valence-electron chi connectivity index (χ1n) is 41.2. The topological polar surface area (TPSA) is 633 Å². The van der Waals surface area contributed by atoms with Crippen LogP contribution in [0.15, 0.2) is 78.9 Å². The number of ether oxygens (including phenoxy) is 7. The van der Waals surface area contributed by atoms with Gasteiger partial charge in [-0.3, -0.25) is 43.3 Å². The minimum absolute atomic E-state index is 0.0975. The molecule has 0 aromatic heterocycles. The number of carbonyl (C=O) groups excluding carboxylic acids is 8. The Kier molecular flexibility index (Phi) is 32.5. The molecular weight excluding hydrogens is 1770 g/mol. The molecule has 0 radical (unpaired) electrons. The summed E-state index contributed by atoms with van der Waals surface area (Å²) < 4.78 is 44.1. The molecule has 25 N–H and O–H groups in total. The Balaban J connectivity index is 0.000000500. The van der Waals surface area contributed by atoms with Gasteiger partial charge in [0.15, 0.2) is 29.9 Å². The number of nitrogens with two attached hydrogens (primary N) is 2. The summed E-state index contributed by atoms with van der Waals surface area (Å²) in [7, 11) is 3.41. The van der Waals surface area contributed by atoms with Crippen molar-refractivity contribution < 1.29 is 143 Å². The van der Waals surface area contributed by atoms with E-state index < -0.39 is 278 Å². The summed E-state index contributed by atoms with van der Waals surface area (Å²) >= 11 is 21.7. The molecular formula is C84H108Cl3N11O29S. The van der Waals surface area contributed by atoms with Gasteiger partial charge in [0.05, 0.1) is 58.8 Å². The van der Waals surface area contributed by atoms with Crippen molar-refractivity contribution in [2.24, 2.45) is 23.3 Å². The van der Waals surface area contributed by atoms with Gasteiger partial charge in [-0.1, -0.05) is 68.6 Å². The monoisotopic (exact) mass is 1870 g/mol. The number of alkyl halides is 1. The van der Waals surface area contributed by atoms with Crippen molar-refractivity contribution in [2.75, 3.05) is 33.5 Å². The lowest BCUT2D eigenvalue weighted by atomic mass is 9.86. The number of aromatic hydroxyl groups is 3. The van der Waals surface area contributed by atoms with Gasteiger partial charge < -0.3 is 154 Å². The lowest BCUT2D eigenvalue weighted by Gasteiger charge is -2.47. The smallest absolute Gasteiger partial charge is 0.330 e. The van der Waals surface area contributed by atoms with Crippen LogP contribution in [0.25, 0.3) is 11.1 Å². The first-order valence-corrected chi connectivity index (χ1v) is 43.7. The average molecular weight is 1870 g/mol. The van der Waals surface area contributed by atoms with Crippen LogP contribution in [-0.2, 0) is 62.1 Å². The number of aliphatic hydroxyl groups is 9. The van der Waals surface area contributed by atoms with Gasteiger partial charge in [-0.2, -0.15) is 0 Å². The number of benzene rings is 5. The van der Waals surface area contributed by atoms with Crippen LogP contribution in [0.2, 0.25) is 10.0 Å². The summed E-state index contributed by atoms with van der Waals surface area (Å²) in [6.45, 7) is 10.4. The fourth-order valence-electron chi connectivity index (χ4n) is 16.6. The van der Waals surface area contributed by atoms with Crippen LogP contribution in [0.5, 0.6) is 46.0 Å². The number of aliphatic carboxylic acids is 1. The number of likely N-dealkylation sites (N-methyl/N-ethyl adjacent to an activating group) is 2. The second-order valence-electron chi connectivity index (χ2n) is 33.4. The molecule has 1 unspecified atom stereocenters. The molecule has 128 heavy (non-hydrogen) atoms. The number of aliphatic hydroxyl groups excluding tert-OH is 9. The lowest BCUT2D eigenvalue weighted by Crippen LogP contribution is -2.65. The number of hydrogen-bond acceptors (Lipinski definition) is 32. The Hall–Kier alpha value is -9.29. The zero-order valence-corrected chi connectivity index (χ0v) is 73.8. The summed E-state index contributed by atoms with van der Waals surface area (Å²) in [5.41, 5.74) is 7.30. The first-order chi connectivity index (χ1) is 60.4. The zero-order chi connectivity index (χ0) is 93.8. The van der Waals surface area contributed by atoms with Gasteiger partial charge in [-0.25, -0.2) is 4.79 Å². The molecule has 0 aliphatic carbocycles. The maximum Gasteiger partial charge on any atom is 0.330 e. The van der Waals surface area contributed by atoms with Crippen LogP contribution in [0, 0.1) is 11.8 Å². The maximum absolute atomic E-state index is 16.0. The molecule has 4 fully saturated rings. The lowest BCUT2D eigenvalue weighted by molar-refractivity contribution is -0.333. The molecule has 8 amide bonds. The Morgan fingerprint density at radius 2 is 1.34 bits per heavy atom. The van der Waals surface area contributed by atoms with E-state index in [1.165, 1.54) is 44.8 Å². The number of carboxylic acid groups (broad SMARTS) is 1. The van der Waals surface area contributed by atoms with Crippen molar-refractivity contribution in [1.29, 1.82) is 0 Å². The molecule has 5 aromatic carbocycles. The predicted molar refractivity (Wildman–Crippen MR) is 456 cm³/mol. The number of thioether (sulfide) groups is 1. The predicted octanol–water partition coefficient (Wildman–Crippen LogP) is 0.496. The number of primary amides is 1. The Labute approximate surface area is 753 Å². The van der Waals surface area contributed by atoms with Crippen molar-refractivity contribution in [3.8, 4) is 57.1 Å². The van der Waals surface area contributed by atoms with Crippen LogP contribution >= 0.6 is 46.6 Å². The first kappa shape index (κ1) is 99.3. The molecule has 5 aromatic rings. The number of rotatable bonds is 20. The standard InChI is InChI=1S/C66H75Cl2N9O24.C18H33ClN2O5S/c1-23(2)12-34(71-5)58(88)76-49-51(83)26-7-10-38(32(67)14-26)97-40-16-28-17-41(55(40)101-65-56(54(86)53(85)42(22-78)99-65)100-44-21-66(4,70)57(87)24(3)96-44)98-39-11-8-27(15-33(39)68)52(84)50-63(93)75-48(64(94)95)31-18-29(79)19-37(81)45(31)30-13-25(6-9-36(30)80)46(60(90)77-50)74-61(91)47(28)73-59(89)35(20-43(69)82)72-62(49)92;1-5-6-10-7-11(21(3)8-10)17(25)20-12(9(2)19)16-14(23)13(22)15(24)18(26-16)27-4/h6-11,13-19,23-24,34-35,42,44,46-54,56-57,65,71,78-81,83-87H,12,20-22,70H2,1-5H3,(H2,69,82)(H,72,92)(H,73,89)(H,74,91)(H,75,93)(H,76,88)(H,77,90)(H,94,95);9-16,18,22-24H,5-8H2,1-4H3,(H,20,25)/t24-,34+,35-,42+,44-,46+,47+,48+,49+,50-,51+,52+,53+,54-,56+,57?,65-,66-;9-,10+,11-,12+,13-,14+,15+,16+,18+/m00/s1. The summed E-state index contributed by atoms with van der Waals surface area (Å²) in [5, 5.41) is 164. The maximum atomic E-state index is 16.0. The van der Waals surface area contributed by atoms with Gasteiger partial charge in [0, 0.05) is 41.3 Å². The number of halogens is 3. The highest BCUT2D eigenvalue weighted by Crippen LogP contribution is 2.50. The van der Waals surface area contributed by atoms with E-state index >= 15 is 14.4 Å². The summed E-state index contributed by atoms with van der Waals surface area (Å²) in [4.78, 5) is 132. The minimum atomic E-state index is -2.35. The van der Waals surface area contributed by atoms with Gasteiger partial charge in [0.1, 0.15) is 119 Å². The van der Waals surface area contributed by atoms with Crippen molar-refractivity contribution in [3.05, 3.63) is 117 Å². The van der Waals surface area contributed by atoms with Gasteiger partial charge in [0.25, 0.3) is 0 Å². The SMILES string of the molecule is CCC[C@@H]1C[C@@H](C(=O)N[C@@H]([C@H]2O[C@H](SC)[C@H](O)[C@@H](O)[C@H]2O)[C@H](C)Cl)N(C)C1.CN[C@H](CC(C)C)C(=O)N[C@H]1C(=O)N[C@@H](CC(N)=O)C(=O)N[C@H]2C(=O)N[C@H]3C(=O)N[C@H](C(=O)N[C@@H](C(=O)O)c4cc(O)cc(O)c4-c4cc3ccc4O)[C@H](O)c3ccc(c(Cl)c3)Oc3cc2cc(c3O[C@@H]2O[C@H](CO)[C@@H](O)[C@H](O)[C@H]2O[C@H]2C[C@](C)(N)C(O)[C@H](C)O2)Oc2ccc(cc2Cl)[C@H]1O. The van der Waals surface area contributed by atoms with Gasteiger partial charge in [-0.15, -0.1) is 23.4 Å². The number of nitrogens with one attached hydrogen (secondary N) is 8. The molecule has 40 nitrogen and oxygen atoms in total. The molecule has 0 spiro atoms. The number of carboxylic acids is 1. The number of phenolic OH excluding ortho intramolecular Hbond substituents is 3. The van der Waals surface area contributed by atoms with Crippen LogP contribution < -0.4 is 68.2 Å². The third kappa shape index (κ3) is 22.1. The Morgan fingerprint density at radius 1 is 0.719 bits per heavy atom. The van der Waals surface area contributed by atoms with E-state index in [2.05, 4.69) is 49.5 Å². The number of fused-ring (bicyclic) bond motifs is 15. The second kappa shape index (κ2) is 41.9. The molecule has 11 bridgehead atoms. The van der Waals surface area contributed by atoms with Crippen molar-refractivity contribution >= 4 is 99.8 Å². The van der Waals surface area contributed by atoms with Crippen molar-refractivity contribution in [3.63, 3.8) is 0 Å². The number of amides is 8. The summed E-state index contributed by atoms with van der Waals surface area (Å²) in [6, 6.07) is -1.61. The largest absolute Gasteiger partial charge is 0.508 e. The number of phenols is 3. The normalized spacial score (nSPS) is 31.6. The van der Waals surface area contributed by atoms with Gasteiger partial charge in [-0.05, 0) is 149 Å². The molecule has 4 saturated heterocycles. The quantitative estimate of drug-likeness (QED) is 0.0472. The highest BCUT2D eigenvalue weighted by Gasteiger charge is 2.53. The van der Waals surface area contributed by atoms with Gasteiger partial charge >= 0.3 is 5.97 Å². The third-order valence-corrected chi connectivity index (χ3v) is 25.1. The Bertz CT molecular complexity index is 4930. The van der Waals surface area contributed by atoms with Crippen LogP contribution in [0.1, 0.15) is 138 Å².